The van der Waals surface area contributed by atoms with Crippen LogP contribution in [-0.4, -0.2) is 52.6 Å². The van der Waals surface area contributed by atoms with Gasteiger partial charge < -0.3 is 19.5 Å². The van der Waals surface area contributed by atoms with E-state index in [0.717, 1.165) is 23.5 Å². The van der Waals surface area contributed by atoms with Crippen molar-refractivity contribution in [3.05, 3.63) is 82.7 Å². The number of benzene rings is 2. The fraction of sp³-hybridized carbons (Fsp3) is 0.280. The lowest BCUT2D eigenvalue weighted by atomic mass is 10.1. The Balaban J connectivity index is 1.51. The second-order valence-corrected chi connectivity index (χ2v) is 8.31. The van der Waals surface area contributed by atoms with Crippen molar-refractivity contribution in [2.45, 2.75) is 20.0 Å². The zero-order valence-electron chi connectivity index (χ0n) is 18.8. The number of anilines is 1. The summed E-state index contributed by atoms with van der Waals surface area (Å²) >= 11 is 0. The molecule has 0 aliphatic carbocycles. The van der Waals surface area contributed by atoms with Gasteiger partial charge in [-0.3, -0.25) is 4.79 Å². The molecule has 0 bridgehead atoms. The van der Waals surface area contributed by atoms with Crippen LogP contribution in [0, 0.1) is 13.8 Å². The highest BCUT2D eigenvalue weighted by Gasteiger charge is 2.30. The Kier molecular flexibility index (Phi) is 6.12. The van der Waals surface area contributed by atoms with E-state index in [1.54, 1.807) is 11.0 Å². The van der Waals surface area contributed by atoms with E-state index in [4.69, 9.17) is 0 Å². The maximum Gasteiger partial charge on any atom is 0.416 e. The molecule has 6 nitrogen and oxygen atoms in total. The van der Waals surface area contributed by atoms with Crippen molar-refractivity contribution >= 4 is 17.6 Å². The van der Waals surface area contributed by atoms with Crippen molar-refractivity contribution in [2.75, 3.05) is 31.1 Å². The average Bonchev–Trinajstić information content (AvgIpc) is 3.15. The second-order valence-electron chi connectivity index (χ2n) is 8.31. The fourth-order valence-corrected chi connectivity index (χ4v) is 4.29. The topological polar surface area (TPSA) is 65.8 Å². The van der Waals surface area contributed by atoms with E-state index in [-0.39, 0.29) is 11.5 Å². The van der Waals surface area contributed by atoms with E-state index in [1.165, 1.54) is 24.3 Å². The van der Waals surface area contributed by atoms with Crippen LogP contribution in [0.4, 0.5) is 18.9 Å². The lowest BCUT2D eigenvalue weighted by molar-refractivity contribution is -0.137. The number of aromatic carboxylic acids is 1. The Morgan fingerprint density at radius 3 is 1.97 bits per heavy atom. The molecular formula is C25H24F3N3O3. The van der Waals surface area contributed by atoms with E-state index < -0.39 is 17.7 Å². The zero-order valence-corrected chi connectivity index (χ0v) is 18.8. The SMILES string of the molecule is Cc1ccc(C)n1-c1cc(C(=O)N2CCN(c3ccc(C(F)(F)F)cc3)CC2)ccc1C(=O)O. The Hall–Kier alpha value is -3.75. The van der Waals surface area contributed by atoms with Gasteiger partial charge in [-0.05, 0) is 68.4 Å². The summed E-state index contributed by atoms with van der Waals surface area (Å²) < 4.78 is 40.2. The summed E-state index contributed by atoms with van der Waals surface area (Å²) in [6.45, 7) is 5.50. The van der Waals surface area contributed by atoms with Crippen LogP contribution in [0.3, 0.4) is 0 Å². The zero-order chi connectivity index (χ0) is 24.6. The number of amides is 1. The van der Waals surface area contributed by atoms with Crippen LogP contribution in [-0.2, 0) is 6.18 Å². The second kappa shape index (κ2) is 8.89. The highest BCUT2D eigenvalue weighted by molar-refractivity contribution is 5.98. The van der Waals surface area contributed by atoms with Gasteiger partial charge in [0.2, 0.25) is 0 Å². The van der Waals surface area contributed by atoms with E-state index in [2.05, 4.69) is 0 Å². The van der Waals surface area contributed by atoms with Crippen LogP contribution >= 0.6 is 0 Å². The lowest BCUT2D eigenvalue weighted by Gasteiger charge is -2.36. The number of alkyl halides is 3. The van der Waals surface area contributed by atoms with Crippen LogP contribution in [0.1, 0.15) is 37.7 Å². The Bertz CT molecular complexity index is 1200. The van der Waals surface area contributed by atoms with Gasteiger partial charge in [0.05, 0.1) is 16.8 Å². The van der Waals surface area contributed by atoms with Gasteiger partial charge >= 0.3 is 12.1 Å². The normalized spacial score (nSPS) is 14.4. The number of hydrogen-bond donors (Lipinski definition) is 1. The largest absolute Gasteiger partial charge is 0.478 e. The molecule has 1 saturated heterocycles. The minimum absolute atomic E-state index is 0.103. The minimum Gasteiger partial charge on any atom is -0.478 e. The third-order valence-corrected chi connectivity index (χ3v) is 6.11. The number of carbonyl (C=O) groups is 2. The predicted molar refractivity (Wildman–Crippen MR) is 122 cm³/mol. The van der Waals surface area contributed by atoms with Crippen molar-refractivity contribution in [3.63, 3.8) is 0 Å². The molecule has 0 radical (unpaired) electrons. The molecule has 0 spiro atoms. The average molecular weight is 471 g/mol. The molecule has 1 N–H and O–H groups in total. The monoisotopic (exact) mass is 471 g/mol. The number of carbonyl (C=O) groups excluding carboxylic acids is 1. The highest BCUT2D eigenvalue weighted by atomic mass is 19.4. The first-order valence-electron chi connectivity index (χ1n) is 10.8. The van der Waals surface area contributed by atoms with Gasteiger partial charge in [-0.2, -0.15) is 13.2 Å². The number of halogens is 3. The third kappa shape index (κ3) is 4.50. The first kappa shape index (κ1) is 23.4. The van der Waals surface area contributed by atoms with Gasteiger partial charge in [0, 0.05) is 48.8 Å². The van der Waals surface area contributed by atoms with Gasteiger partial charge in [0.25, 0.3) is 5.91 Å². The number of rotatable bonds is 4. The highest BCUT2D eigenvalue weighted by Crippen LogP contribution is 2.31. The van der Waals surface area contributed by atoms with Crippen LogP contribution in [0.15, 0.2) is 54.6 Å². The molecule has 2 heterocycles. The van der Waals surface area contributed by atoms with Crippen molar-refractivity contribution in [2.24, 2.45) is 0 Å². The molecule has 1 aliphatic rings. The third-order valence-electron chi connectivity index (χ3n) is 6.11. The van der Waals surface area contributed by atoms with E-state index in [0.29, 0.717) is 43.1 Å². The molecule has 178 valence electrons. The smallest absolute Gasteiger partial charge is 0.416 e. The molecule has 1 fully saturated rings. The Morgan fingerprint density at radius 1 is 0.853 bits per heavy atom. The summed E-state index contributed by atoms with van der Waals surface area (Å²) in [6, 6.07) is 13.3. The van der Waals surface area contributed by atoms with Crippen LogP contribution in [0.25, 0.3) is 5.69 Å². The van der Waals surface area contributed by atoms with E-state index >= 15 is 0 Å². The molecule has 34 heavy (non-hydrogen) atoms. The lowest BCUT2D eigenvalue weighted by Crippen LogP contribution is -2.48. The van der Waals surface area contributed by atoms with Crippen molar-refractivity contribution in [1.82, 2.24) is 9.47 Å². The number of carboxylic acid groups (broad SMARTS) is 1. The molecule has 0 atom stereocenters. The maximum atomic E-state index is 13.2. The number of piperazine rings is 1. The van der Waals surface area contributed by atoms with E-state index in [9.17, 15) is 27.9 Å². The maximum absolute atomic E-state index is 13.2. The number of nitrogens with zero attached hydrogens (tertiary/aromatic N) is 3. The number of carboxylic acids is 1. The van der Waals surface area contributed by atoms with Gasteiger partial charge in [0.1, 0.15) is 0 Å². The summed E-state index contributed by atoms with van der Waals surface area (Å²) in [6.07, 6.45) is -4.38. The van der Waals surface area contributed by atoms with Crippen molar-refractivity contribution in [3.8, 4) is 5.69 Å². The molecule has 4 rings (SSSR count). The first-order chi connectivity index (χ1) is 16.1. The Morgan fingerprint density at radius 2 is 1.44 bits per heavy atom. The first-order valence-corrected chi connectivity index (χ1v) is 10.8. The molecule has 0 saturated carbocycles. The van der Waals surface area contributed by atoms with Gasteiger partial charge in [-0.15, -0.1) is 0 Å². The van der Waals surface area contributed by atoms with Crippen molar-refractivity contribution < 1.29 is 27.9 Å². The molecule has 1 aliphatic heterocycles. The molecule has 3 aromatic rings. The summed E-state index contributed by atoms with van der Waals surface area (Å²) in [4.78, 5) is 28.6. The molecule has 0 unspecified atom stereocenters. The summed E-state index contributed by atoms with van der Waals surface area (Å²) in [5, 5.41) is 9.65. The van der Waals surface area contributed by atoms with Gasteiger partial charge in [-0.1, -0.05) is 0 Å². The summed E-state index contributed by atoms with van der Waals surface area (Å²) in [5.41, 5.74) is 2.61. The quantitative estimate of drug-likeness (QED) is 0.595. The minimum atomic E-state index is -4.38. The molecule has 1 aromatic heterocycles. The van der Waals surface area contributed by atoms with Crippen LogP contribution in [0.5, 0.6) is 0 Å². The van der Waals surface area contributed by atoms with Gasteiger partial charge in [-0.25, -0.2) is 4.79 Å². The van der Waals surface area contributed by atoms with Crippen LogP contribution in [0.2, 0.25) is 0 Å². The number of hydrogen-bond acceptors (Lipinski definition) is 3. The predicted octanol–water partition coefficient (Wildman–Crippen LogP) is 4.77. The van der Waals surface area contributed by atoms with Crippen molar-refractivity contribution in [1.29, 1.82) is 0 Å². The molecule has 1 amide bonds. The van der Waals surface area contributed by atoms with Gasteiger partial charge in [0.15, 0.2) is 0 Å². The number of aromatic nitrogens is 1. The summed E-state index contributed by atoms with van der Waals surface area (Å²) in [7, 11) is 0. The summed E-state index contributed by atoms with van der Waals surface area (Å²) in [5.74, 6) is -1.29. The molecular weight excluding hydrogens is 447 g/mol. The molecule has 2 aromatic carbocycles. The van der Waals surface area contributed by atoms with E-state index in [1.807, 2.05) is 35.4 Å². The fourth-order valence-electron chi connectivity index (χ4n) is 4.29. The standard InChI is InChI=1S/C25H24F3N3O3/c1-16-3-4-17(2)31(16)22-15-18(5-10-21(22)24(33)34)23(32)30-13-11-29(12-14-30)20-8-6-19(7-9-20)25(26,27)28/h3-10,15H,11-14H2,1-2H3,(H,33,34). The number of aryl methyl sites for hydroxylation is 2. The molecule has 9 heteroatoms. The van der Waals surface area contributed by atoms with Crippen LogP contribution < -0.4 is 4.90 Å². The Labute approximate surface area is 194 Å².